The highest BCUT2D eigenvalue weighted by atomic mass is 35.5. The maximum atomic E-state index is 4.37. The second-order valence-corrected chi connectivity index (χ2v) is 4.98. The van der Waals surface area contributed by atoms with Gasteiger partial charge in [0.05, 0.1) is 6.20 Å². The van der Waals surface area contributed by atoms with Gasteiger partial charge in [-0.2, -0.15) is 5.10 Å². The van der Waals surface area contributed by atoms with Crippen molar-refractivity contribution in [2.45, 2.75) is 38.9 Å². The van der Waals surface area contributed by atoms with Gasteiger partial charge in [0, 0.05) is 36.9 Å². The number of likely N-dealkylation sites (N-methyl/N-ethyl adjacent to an activating group) is 1. The number of rotatable bonds is 4. The van der Waals surface area contributed by atoms with Gasteiger partial charge >= 0.3 is 0 Å². The molecular formula is C12H23ClN4. The topological polar surface area (TPSA) is 33.1 Å². The monoisotopic (exact) mass is 258 g/mol. The van der Waals surface area contributed by atoms with E-state index in [1.54, 1.807) is 0 Å². The summed E-state index contributed by atoms with van der Waals surface area (Å²) in [6.07, 6.45) is 5.40. The fourth-order valence-electron chi connectivity index (χ4n) is 2.17. The summed E-state index contributed by atoms with van der Waals surface area (Å²) in [5.74, 6) is 0. The fourth-order valence-corrected chi connectivity index (χ4v) is 2.17. The molecule has 4 nitrogen and oxygen atoms in total. The summed E-state index contributed by atoms with van der Waals surface area (Å²) in [5, 5.41) is 7.77. The summed E-state index contributed by atoms with van der Waals surface area (Å²) in [5.41, 5.74) is 1.31. The largest absolute Gasteiger partial charge is 0.315 e. The Kier molecular flexibility index (Phi) is 5.43. The number of nitrogens with one attached hydrogen (secondary N) is 1. The molecule has 2 heterocycles. The van der Waals surface area contributed by atoms with Crippen molar-refractivity contribution in [2.75, 3.05) is 20.1 Å². The third-order valence-corrected chi connectivity index (χ3v) is 3.27. The molecule has 0 aliphatic carbocycles. The second-order valence-electron chi connectivity index (χ2n) is 4.98. The molecule has 1 N–H and O–H groups in total. The Morgan fingerprint density at radius 2 is 2.35 bits per heavy atom. The number of nitrogens with zero attached hydrogens (tertiary/aromatic N) is 3. The van der Waals surface area contributed by atoms with Gasteiger partial charge in [0.15, 0.2) is 0 Å². The molecule has 1 fully saturated rings. The van der Waals surface area contributed by atoms with Crippen LogP contribution in [0.5, 0.6) is 0 Å². The van der Waals surface area contributed by atoms with Gasteiger partial charge in [0.25, 0.3) is 0 Å². The van der Waals surface area contributed by atoms with Gasteiger partial charge in [-0.1, -0.05) is 0 Å². The highest BCUT2D eigenvalue weighted by Gasteiger charge is 2.19. The second kappa shape index (κ2) is 6.38. The van der Waals surface area contributed by atoms with Crippen molar-refractivity contribution in [3.8, 4) is 0 Å². The van der Waals surface area contributed by atoms with Gasteiger partial charge < -0.3 is 5.32 Å². The standard InChI is InChI=1S/C12H22N4.ClH/c1-10(2)16-9-11(6-14-16)8-15(3)12-4-5-13-7-12;/h6,9-10,12-13H,4-5,7-8H2,1-3H3;1H. The van der Waals surface area contributed by atoms with E-state index in [2.05, 4.69) is 42.4 Å². The van der Waals surface area contributed by atoms with Crippen LogP contribution in [-0.4, -0.2) is 40.9 Å². The molecule has 17 heavy (non-hydrogen) atoms. The van der Waals surface area contributed by atoms with Crippen molar-refractivity contribution < 1.29 is 0 Å². The molecule has 0 amide bonds. The van der Waals surface area contributed by atoms with Crippen molar-refractivity contribution in [3.05, 3.63) is 18.0 Å². The predicted molar refractivity (Wildman–Crippen MR) is 72.6 cm³/mol. The summed E-state index contributed by atoms with van der Waals surface area (Å²) >= 11 is 0. The van der Waals surface area contributed by atoms with Gasteiger partial charge in [0.1, 0.15) is 0 Å². The van der Waals surface area contributed by atoms with Crippen LogP contribution in [0.2, 0.25) is 0 Å². The van der Waals surface area contributed by atoms with Crippen molar-refractivity contribution in [1.82, 2.24) is 20.0 Å². The minimum atomic E-state index is 0. The molecule has 1 aromatic rings. The number of aromatic nitrogens is 2. The van der Waals surface area contributed by atoms with E-state index in [1.165, 1.54) is 12.0 Å². The Bertz CT molecular complexity index is 331. The van der Waals surface area contributed by atoms with Crippen LogP contribution in [0.1, 0.15) is 31.9 Å². The Morgan fingerprint density at radius 3 is 2.88 bits per heavy atom. The first-order chi connectivity index (χ1) is 7.66. The SMILES string of the molecule is CC(C)n1cc(CN(C)C2CCNC2)cn1.Cl. The number of halogens is 1. The average molecular weight is 259 g/mol. The van der Waals surface area contributed by atoms with Crippen LogP contribution in [0.4, 0.5) is 0 Å². The summed E-state index contributed by atoms with van der Waals surface area (Å²) in [6.45, 7) is 7.58. The molecule has 0 radical (unpaired) electrons. The highest BCUT2D eigenvalue weighted by molar-refractivity contribution is 5.85. The third kappa shape index (κ3) is 3.69. The van der Waals surface area contributed by atoms with Gasteiger partial charge in [-0.3, -0.25) is 9.58 Å². The first kappa shape index (κ1) is 14.5. The van der Waals surface area contributed by atoms with E-state index in [0.717, 1.165) is 19.6 Å². The van der Waals surface area contributed by atoms with Crippen molar-refractivity contribution in [1.29, 1.82) is 0 Å². The molecule has 2 rings (SSSR count). The highest BCUT2D eigenvalue weighted by Crippen LogP contribution is 2.12. The first-order valence-electron chi connectivity index (χ1n) is 6.11. The van der Waals surface area contributed by atoms with Gasteiger partial charge in [-0.15, -0.1) is 12.4 Å². The summed E-state index contributed by atoms with van der Waals surface area (Å²) in [7, 11) is 2.20. The maximum absolute atomic E-state index is 4.37. The zero-order valence-electron chi connectivity index (χ0n) is 10.9. The Hall–Kier alpha value is -0.580. The quantitative estimate of drug-likeness (QED) is 0.892. The van der Waals surface area contributed by atoms with E-state index in [1.807, 2.05) is 10.9 Å². The molecule has 1 unspecified atom stereocenters. The van der Waals surface area contributed by atoms with E-state index in [0.29, 0.717) is 12.1 Å². The Balaban J connectivity index is 0.00000144. The van der Waals surface area contributed by atoms with Crippen LogP contribution < -0.4 is 5.32 Å². The Labute approximate surface area is 110 Å². The summed E-state index contributed by atoms with van der Waals surface area (Å²) in [6, 6.07) is 1.13. The van der Waals surface area contributed by atoms with Crippen molar-refractivity contribution >= 4 is 12.4 Å². The third-order valence-electron chi connectivity index (χ3n) is 3.27. The lowest BCUT2D eigenvalue weighted by Crippen LogP contribution is -2.32. The molecule has 98 valence electrons. The molecule has 1 atom stereocenters. The minimum Gasteiger partial charge on any atom is -0.315 e. The average Bonchev–Trinajstić information content (AvgIpc) is 2.87. The van der Waals surface area contributed by atoms with Crippen LogP contribution in [0.15, 0.2) is 12.4 Å². The molecular weight excluding hydrogens is 236 g/mol. The number of hydrogen-bond acceptors (Lipinski definition) is 3. The maximum Gasteiger partial charge on any atom is 0.0534 e. The van der Waals surface area contributed by atoms with E-state index in [-0.39, 0.29) is 12.4 Å². The summed E-state index contributed by atoms with van der Waals surface area (Å²) < 4.78 is 2.02. The molecule has 1 saturated heterocycles. The van der Waals surface area contributed by atoms with Gasteiger partial charge in [0.2, 0.25) is 0 Å². The van der Waals surface area contributed by atoms with Crippen molar-refractivity contribution in [2.24, 2.45) is 0 Å². The Morgan fingerprint density at radius 1 is 1.59 bits per heavy atom. The number of hydrogen-bond donors (Lipinski definition) is 1. The van der Waals surface area contributed by atoms with E-state index >= 15 is 0 Å². The van der Waals surface area contributed by atoms with Crippen LogP contribution in [0.25, 0.3) is 0 Å². The van der Waals surface area contributed by atoms with E-state index in [9.17, 15) is 0 Å². The molecule has 0 aromatic carbocycles. The first-order valence-corrected chi connectivity index (χ1v) is 6.11. The zero-order chi connectivity index (χ0) is 11.5. The molecule has 0 bridgehead atoms. The molecule has 1 aliphatic rings. The van der Waals surface area contributed by atoms with Crippen LogP contribution in [-0.2, 0) is 6.54 Å². The van der Waals surface area contributed by atoms with Crippen LogP contribution >= 0.6 is 12.4 Å². The lowest BCUT2D eigenvalue weighted by Gasteiger charge is -2.22. The van der Waals surface area contributed by atoms with E-state index < -0.39 is 0 Å². The fraction of sp³-hybridized carbons (Fsp3) is 0.750. The predicted octanol–water partition coefficient (Wildman–Crippen LogP) is 1.68. The molecule has 0 saturated carbocycles. The van der Waals surface area contributed by atoms with Crippen LogP contribution in [0, 0.1) is 0 Å². The molecule has 0 spiro atoms. The summed E-state index contributed by atoms with van der Waals surface area (Å²) in [4.78, 5) is 2.42. The van der Waals surface area contributed by atoms with Gasteiger partial charge in [-0.05, 0) is 33.9 Å². The normalized spacial score (nSPS) is 19.9. The molecule has 5 heteroatoms. The lowest BCUT2D eigenvalue weighted by molar-refractivity contribution is 0.249. The van der Waals surface area contributed by atoms with Crippen LogP contribution in [0.3, 0.4) is 0 Å². The van der Waals surface area contributed by atoms with Crippen molar-refractivity contribution in [3.63, 3.8) is 0 Å². The lowest BCUT2D eigenvalue weighted by atomic mass is 10.2. The minimum absolute atomic E-state index is 0. The van der Waals surface area contributed by atoms with E-state index in [4.69, 9.17) is 0 Å². The van der Waals surface area contributed by atoms with Gasteiger partial charge in [-0.25, -0.2) is 0 Å². The zero-order valence-corrected chi connectivity index (χ0v) is 11.7. The molecule has 1 aromatic heterocycles. The smallest absolute Gasteiger partial charge is 0.0534 e. The molecule has 1 aliphatic heterocycles.